The molecule has 0 amide bonds. The number of fused-ring (bicyclic) bond motifs is 1. The van der Waals surface area contributed by atoms with E-state index < -0.39 is 0 Å². The van der Waals surface area contributed by atoms with Gasteiger partial charge in [-0.05, 0) is 46.8 Å². The SMILES string of the molecule is Fc1cc(Br)c(F)c2c1CCCC2Br. The fraction of sp³-hybridized carbons (Fsp3) is 0.400. The van der Waals surface area contributed by atoms with E-state index >= 15 is 0 Å². The van der Waals surface area contributed by atoms with E-state index in [1.165, 1.54) is 6.07 Å². The van der Waals surface area contributed by atoms with E-state index in [1.807, 2.05) is 0 Å². The molecule has 0 aromatic heterocycles. The number of benzene rings is 1. The molecule has 1 aliphatic carbocycles. The Morgan fingerprint density at radius 3 is 2.79 bits per heavy atom. The number of hydrogen-bond donors (Lipinski definition) is 0. The molecular formula is C10H8Br2F2. The third-order valence-electron chi connectivity index (χ3n) is 2.51. The normalized spacial score (nSPS) is 20.7. The zero-order chi connectivity index (χ0) is 10.3. The predicted molar refractivity (Wildman–Crippen MR) is 58.7 cm³/mol. The topological polar surface area (TPSA) is 0 Å². The Kier molecular flexibility index (Phi) is 2.93. The molecule has 0 N–H and O–H groups in total. The first-order valence-corrected chi connectivity index (χ1v) is 6.12. The van der Waals surface area contributed by atoms with Crippen molar-refractivity contribution in [3.05, 3.63) is 33.3 Å². The molecule has 76 valence electrons. The van der Waals surface area contributed by atoms with Crippen molar-refractivity contribution in [1.82, 2.24) is 0 Å². The Labute approximate surface area is 98.0 Å². The Hall–Kier alpha value is 0.0400. The van der Waals surface area contributed by atoms with Gasteiger partial charge in [-0.2, -0.15) is 0 Å². The molecule has 14 heavy (non-hydrogen) atoms. The van der Waals surface area contributed by atoms with Crippen LogP contribution < -0.4 is 0 Å². The van der Waals surface area contributed by atoms with Crippen molar-refractivity contribution in [3.8, 4) is 0 Å². The first kappa shape index (κ1) is 10.6. The standard InChI is InChI=1S/C10H8Br2F2/c11-6-3-1-2-5-8(13)4-7(12)10(14)9(5)6/h4,6H,1-3H2. The average molecular weight is 326 g/mol. The van der Waals surface area contributed by atoms with Crippen molar-refractivity contribution in [2.75, 3.05) is 0 Å². The van der Waals surface area contributed by atoms with Gasteiger partial charge in [-0.3, -0.25) is 0 Å². The molecule has 0 nitrogen and oxygen atoms in total. The van der Waals surface area contributed by atoms with Gasteiger partial charge in [-0.25, -0.2) is 8.78 Å². The summed E-state index contributed by atoms with van der Waals surface area (Å²) < 4.78 is 27.3. The molecule has 0 bridgehead atoms. The summed E-state index contributed by atoms with van der Waals surface area (Å²) in [5.41, 5.74) is 1.02. The molecule has 0 fully saturated rings. The summed E-state index contributed by atoms with van der Waals surface area (Å²) in [7, 11) is 0. The molecule has 1 unspecified atom stereocenters. The van der Waals surface area contributed by atoms with Crippen LogP contribution in [-0.4, -0.2) is 0 Å². The fourth-order valence-corrected chi connectivity index (χ4v) is 3.05. The molecular weight excluding hydrogens is 318 g/mol. The van der Waals surface area contributed by atoms with Crippen LogP contribution in [0.4, 0.5) is 8.78 Å². The second kappa shape index (κ2) is 3.89. The maximum Gasteiger partial charge on any atom is 0.142 e. The fourth-order valence-electron chi connectivity index (χ4n) is 1.83. The lowest BCUT2D eigenvalue weighted by molar-refractivity contribution is 0.533. The van der Waals surface area contributed by atoms with Gasteiger partial charge in [0.1, 0.15) is 11.6 Å². The summed E-state index contributed by atoms with van der Waals surface area (Å²) in [6.07, 6.45) is 2.40. The van der Waals surface area contributed by atoms with Crippen LogP contribution in [0.2, 0.25) is 0 Å². The van der Waals surface area contributed by atoms with E-state index in [0.29, 0.717) is 17.5 Å². The lowest BCUT2D eigenvalue weighted by Crippen LogP contribution is -2.10. The summed E-state index contributed by atoms with van der Waals surface area (Å²) in [5.74, 6) is -0.639. The summed E-state index contributed by atoms with van der Waals surface area (Å²) in [6, 6.07) is 1.21. The summed E-state index contributed by atoms with van der Waals surface area (Å²) >= 11 is 6.40. The Balaban J connectivity index is 2.67. The van der Waals surface area contributed by atoms with E-state index in [9.17, 15) is 8.78 Å². The minimum Gasteiger partial charge on any atom is -0.207 e. The first-order valence-electron chi connectivity index (χ1n) is 4.41. The van der Waals surface area contributed by atoms with Gasteiger partial charge in [0.15, 0.2) is 0 Å². The van der Waals surface area contributed by atoms with Crippen LogP contribution in [0.5, 0.6) is 0 Å². The van der Waals surface area contributed by atoms with Crippen molar-refractivity contribution in [1.29, 1.82) is 0 Å². The van der Waals surface area contributed by atoms with Gasteiger partial charge in [0.05, 0.1) is 4.47 Å². The third kappa shape index (κ3) is 1.63. The quantitative estimate of drug-likeness (QED) is 0.486. The molecule has 0 aliphatic heterocycles. The highest BCUT2D eigenvalue weighted by Crippen LogP contribution is 2.40. The van der Waals surface area contributed by atoms with Crippen LogP contribution in [0.3, 0.4) is 0 Å². The van der Waals surface area contributed by atoms with Gasteiger partial charge in [0, 0.05) is 10.4 Å². The predicted octanol–water partition coefficient (Wildman–Crippen LogP) is 4.50. The van der Waals surface area contributed by atoms with Gasteiger partial charge < -0.3 is 0 Å². The van der Waals surface area contributed by atoms with Crippen molar-refractivity contribution in [3.63, 3.8) is 0 Å². The lowest BCUT2D eigenvalue weighted by Gasteiger charge is -2.22. The highest BCUT2D eigenvalue weighted by atomic mass is 79.9. The van der Waals surface area contributed by atoms with Crippen LogP contribution in [0.1, 0.15) is 28.8 Å². The van der Waals surface area contributed by atoms with Gasteiger partial charge in [0.25, 0.3) is 0 Å². The van der Waals surface area contributed by atoms with Crippen LogP contribution in [0.25, 0.3) is 0 Å². The van der Waals surface area contributed by atoms with E-state index in [1.54, 1.807) is 0 Å². The van der Waals surface area contributed by atoms with Gasteiger partial charge in [0.2, 0.25) is 0 Å². The molecule has 0 spiro atoms. The number of hydrogen-bond acceptors (Lipinski definition) is 0. The van der Waals surface area contributed by atoms with Gasteiger partial charge in [-0.15, -0.1) is 0 Å². The summed E-state index contributed by atoms with van der Waals surface area (Å²) in [6.45, 7) is 0. The first-order chi connectivity index (χ1) is 6.61. The molecule has 0 heterocycles. The zero-order valence-corrected chi connectivity index (χ0v) is 10.5. The molecule has 1 atom stereocenters. The van der Waals surface area contributed by atoms with E-state index in [0.717, 1.165) is 12.8 Å². The average Bonchev–Trinajstić information content (AvgIpc) is 2.14. The summed E-state index contributed by atoms with van der Waals surface area (Å²) in [4.78, 5) is -0.0572. The lowest BCUT2D eigenvalue weighted by atomic mass is 9.91. The number of halogens is 4. The van der Waals surface area contributed by atoms with Crippen molar-refractivity contribution in [2.24, 2.45) is 0 Å². The Morgan fingerprint density at radius 1 is 1.36 bits per heavy atom. The molecule has 1 aliphatic rings. The molecule has 0 saturated carbocycles. The molecule has 1 aromatic rings. The van der Waals surface area contributed by atoms with Crippen LogP contribution in [0.15, 0.2) is 10.5 Å². The molecule has 2 rings (SSSR count). The van der Waals surface area contributed by atoms with Gasteiger partial charge in [-0.1, -0.05) is 15.9 Å². The molecule has 0 radical (unpaired) electrons. The smallest absolute Gasteiger partial charge is 0.142 e. The molecule has 1 aromatic carbocycles. The van der Waals surface area contributed by atoms with Gasteiger partial charge >= 0.3 is 0 Å². The highest BCUT2D eigenvalue weighted by molar-refractivity contribution is 9.10. The largest absolute Gasteiger partial charge is 0.207 e. The minimum absolute atomic E-state index is 0.0572. The molecule has 0 saturated heterocycles. The van der Waals surface area contributed by atoms with Crippen LogP contribution >= 0.6 is 31.9 Å². The van der Waals surface area contributed by atoms with Crippen molar-refractivity contribution < 1.29 is 8.78 Å². The van der Waals surface area contributed by atoms with E-state index in [2.05, 4.69) is 31.9 Å². The Morgan fingerprint density at radius 2 is 2.07 bits per heavy atom. The maximum atomic E-state index is 13.7. The minimum atomic E-state index is -0.331. The summed E-state index contributed by atoms with van der Waals surface area (Å²) in [5, 5.41) is 0. The van der Waals surface area contributed by atoms with E-state index in [4.69, 9.17) is 0 Å². The maximum absolute atomic E-state index is 13.7. The zero-order valence-electron chi connectivity index (χ0n) is 7.29. The highest BCUT2D eigenvalue weighted by Gasteiger charge is 2.25. The van der Waals surface area contributed by atoms with E-state index in [-0.39, 0.29) is 20.9 Å². The number of rotatable bonds is 0. The third-order valence-corrected chi connectivity index (χ3v) is 4.00. The van der Waals surface area contributed by atoms with Crippen molar-refractivity contribution >= 4 is 31.9 Å². The Bertz CT molecular complexity index is 377. The van der Waals surface area contributed by atoms with Crippen LogP contribution in [-0.2, 0) is 6.42 Å². The monoisotopic (exact) mass is 324 g/mol. The van der Waals surface area contributed by atoms with Crippen molar-refractivity contribution in [2.45, 2.75) is 24.1 Å². The van der Waals surface area contributed by atoms with Crippen LogP contribution in [0, 0.1) is 11.6 Å². The second-order valence-corrected chi connectivity index (χ2v) is 5.37. The number of alkyl halides is 1. The second-order valence-electron chi connectivity index (χ2n) is 3.41. The molecule has 4 heteroatoms.